The molecule has 1 N–H and O–H groups in total. The lowest BCUT2D eigenvalue weighted by atomic mass is 10.2. The van der Waals surface area contributed by atoms with Crippen LogP contribution in [0.5, 0.6) is 5.75 Å². The summed E-state index contributed by atoms with van der Waals surface area (Å²) in [5.41, 5.74) is 0.835. The Bertz CT molecular complexity index is 510. The molecule has 1 aromatic rings. The Balaban J connectivity index is 2.48. The number of nitrogens with one attached hydrogen (secondary N) is 1. The topological polar surface area (TPSA) is 78.5 Å². The van der Waals surface area contributed by atoms with Gasteiger partial charge in [0, 0.05) is 5.02 Å². The van der Waals surface area contributed by atoms with E-state index in [1.165, 1.54) is 11.8 Å². The van der Waals surface area contributed by atoms with Gasteiger partial charge in [0.1, 0.15) is 5.75 Å². The Hall–Kier alpha value is -1.40. The predicted molar refractivity (Wildman–Crippen MR) is 81.6 cm³/mol. The molecule has 1 rings (SSSR count). The van der Waals surface area contributed by atoms with Crippen molar-refractivity contribution in [3.05, 3.63) is 28.8 Å². The second-order valence-electron chi connectivity index (χ2n) is 4.42. The first-order chi connectivity index (χ1) is 9.93. The van der Waals surface area contributed by atoms with E-state index in [2.05, 4.69) is 5.32 Å². The van der Waals surface area contributed by atoms with Crippen molar-refractivity contribution >= 4 is 35.2 Å². The van der Waals surface area contributed by atoms with E-state index in [1.807, 2.05) is 13.2 Å². The minimum atomic E-state index is -1.29. The summed E-state index contributed by atoms with van der Waals surface area (Å²) in [6.07, 6.45) is 2.18. The van der Waals surface area contributed by atoms with Crippen molar-refractivity contribution in [2.45, 2.75) is 19.4 Å². The molecular weight excluding hydrogens is 314 g/mol. The van der Waals surface area contributed by atoms with Gasteiger partial charge in [-0.1, -0.05) is 11.6 Å². The summed E-state index contributed by atoms with van der Waals surface area (Å²) < 4.78 is 5.30. The smallest absolute Gasteiger partial charge is 0.258 e. The van der Waals surface area contributed by atoms with Crippen molar-refractivity contribution in [2.75, 3.05) is 18.6 Å². The molecule has 0 radical (unpaired) electrons. The number of carbonyl (C=O) groups excluding carboxylic acids is 2. The van der Waals surface area contributed by atoms with Crippen molar-refractivity contribution in [1.82, 2.24) is 5.32 Å². The summed E-state index contributed by atoms with van der Waals surface area (Å²) in [5, 5.41) is 13.9. The van der Waals surface area contributed by atoms with Crippen LogP contribution >= 0.6 is 23.4 Å². The minimum absolute atomic E-state index is 0.260. The van der Waals surface area contributed by atoms with Gasteiger partial charge in [-0.05, 0) is 49.1 Å². The number of carbonyl (C=O) groups is 2. The number of hydrogen-bond donors (Lipinski definition) is 1. The van der Waals surface area contributed by atoms with Crippen LogP contribution in [0.4, 0.5) is 0 Å². The van der Waals surface area contributed by atoms with E-state index in [4.69, 9.17) is 16.3 Å². The van der Waals surface area contributed by atoms with Gasteiger partial charge < -0.3 is 20.0 Å². The van der Waals surface area contributed by atoms with Gasteiger partial charge in [-0.2, -0.15) is 11.8 Å². The molecule has 116 valence electrons. The third-order valence-electron chi connectivity index (χ3n) is 2.73. The van der Waals surface area contributed by atoms with E-state index in [0.717, 1.165) is 5.56 Å². The first-order valence-electron chi connectivity index (χ1n) is 6.32. The summed E-state index contributed by atoms with van der Waals surface area (Å²) in [7, 11) is 0. The third-order valence-corrected chi connectivity index (χ3v) is 3.80. The molecule has 7 heteroatoms. The van der Waals surface area contributed by atoms with Gasteiger partial charge in [-0.15, -0.1) is 0 Å². The van der Waals surface area contributed by atoms with Gasteiger partial charge in [0.2, 0.25) is 0 Å². The van der Waals surface area contributed by atoms with Gasteiger partial charge in [0.05, 0.1) is 12.0 Å². The number of halogens is 1. The van der Waals surface area contributed by atoms with Crippen LogP contribution in [0, 0.1) is 6.92 Å². The van der Waals surface area contributed by atoms with Gasteiger partial charge in [0.25, 0.3) is 5.91 Å². The van der Waals surface area contributed by atoms with Crippen molar-refractivity contribution < 1.29 is 19.4 Å². The maximum atomic E-state index is 11.7. The minimum Gasteiger partial charge on any atom is -0.548 e. The molecule has 0 saturated heterocycles. The average Bonchev–Trinajstić information content (AvgIpc) is 2.44. The Morgan fingerprint density at radius 2 is 2.19 bits per heavy atom. The highest BCUT2D eigenvalue weighted by molar-refractivity contribution is 7.98. The number of thioether (sulfide) groups is 1. The van der Waals surface area contributed by atoms with Crippen LogP contribution in [-0.2, 0) is 9.59 Å². The Morgan fingerprint density at radius 1 is 1.48 bits per heavy atom. The standard InChI is InChI=1S/C14H18ClNO4S/c1-9-7-10(3-4-11(9)15)20-8-13(17)16-12(14(18)19)5-6-21-2/h3-4,7,12H,5-6,8H2,1-2H3,(H,16,17)(H,18,19)/p-1/t12-/m1/s1. The molecular formula is C14H17ClNO4S-. The van der Waals surface area contributed by atoms with E-state index in [0.29, 0.717) is 22.9 Å². The number of carboxylic acids is 1. The fourth-order valence-electron chi connectivity index (χ4n) is 1.58. The Labute approximate surface area is 133 Å². The maximum Gasteiger partial charge on any atom is 0.258 e. The van der Waals surface area contributed by atoms with Crippen molar-refractivity contribution in [1.29, 1.82) is 0 Å². The van der Waals surface area contributed by atoms with Crippen LogP contribution in [0.2, 0.25) is 5.02 Å². The van der Waals surface area contributed by atoms with E-state index in [1.54, 1.807) is 18.2 Å². The van der Waals surface area contributed by atoms with Crippen LogP contribution in [0.15, 0.2) is 18.2 Å². The molecule has 0 aliphatic carbocycles. The lowest BCUT2D eigenvalue weighted by Gasteiger charge is -2.19. The molecule has 0 unspecified atom stereocenters. The van der Waals surface area contributed by atoms with Crippen LogP contribution in [0.1, 0.15) is 12.0 Å². The number of aliphatic carboxylic acids is 1. The predicted octanol–water partition coefficient (Wildman–Crippen LogP) is 1.02. The zero-order valence-corrected chi connectivity index (χ0v) is 13.4. The molecule has 0 spiro atoms. The highest BCUT2D eigenvalue weighted by Crippen LogP contribution is 2.20. The fourth-order valence-corrected chi connectivity index (χ4v) is 2.17. The lowest BCUT2D eigenvalue weighted by Crippen LogP contribution is -2.49. The highest BCUT2D eigenvalue weighted by atomic mass is 35.5. The number of carboxylic acid groups (broad SMARTS) is 1. The zero-order chi connectivity index (χ0) is 15.8. The number of hydrogen-bond acceptors (Lipinski definition) is 5. The summed E-state index contributed by atoms with van der Waals surface area (Å²) in [4.78, 5) is 22.6. The highest BCUT2D eigenvalue weighted by Gasteiger charge is 2.13. The first kappa shape index (κ1) is 17.7. The zero-order valence-electron chi connectivity index (χ0n) is 11.8. The SMILES string of the molecule is CSCC[C@@H](NC(=O)COc1ccc(Cl)c(C)c1)C(=O)[O-]. The fraction of sp³-hybridized carbons (Fsp3) is 0.429. The number of benzene rings is 1. The first-order valence-corrected chi connectivity index (χ1v) is 8.09. The molecule has 0 aliphatic heterocycles. The second kappa shape index (κ2) is 8.79. The lowest BCUT2D eigenvalue weighted by molar-refractivity contribution is -0.308. The van der Waals surface area contributed by atoms with Gasteiger partial charge in [0.15, 0.2) is 6.61 Å². The van der Waals surface area contributed by atoms with Crippen molar-refractivity contribution in [3.8, 4) is 5.75 Å². The third kappa shape index (κ3) is 6.27. The molecule has 0 aromatic heterocycles. The molecule has 0 aliphatic rings. The second-order valence-corrected chi connectivity index (χ2v) is 5.81. The number of rotatable bonds is 8. The van der Waals surface area contributed by atoms with Crippen molar-refractivity contribution in [2.24, 2.45) is 0 Å². The van der Waals surface area contributed by atoms with Crippen LogP contribution in [-0.4, -0.2) is 36.5 Å². The molecule has 0 saturated carbocycles. The molecule has 5 nitrogen and oxygen atoms in total. The van der Waals surface area contributed by atoms with Gasteiger partial charge in [-0.25, -0.2) is 0 Å². The molecule has 21 heavy (non-hydrogen) atoms. The number of aryl methyl sites for hydroxylation is 1. The molecule has 0 fully saturated rings. The largest absolute Gasteiger partial charge is 0.548 e. The van der Waals surface area contributed by atoms with Gasteiger partial charge in [-0.3, -0.25) is 4.79 Å². The van der Waals surface area contributed by atoms with Crippen LogP contribution in [0.3, 0.4) is 0 Å². The van der Waals surface area contributed by atoms with Crippen LogP contribution in [0.25, 0.3) is 0 Å². The number of ether oxygens (including phenoxy) is 1. The Kier molecular flexibility index (Phi) is 7.39. The molecule has 1 atom stereocenters. The monoisotopic (exact) mass is 330 g/mol. The molecule has 1 aromatic carbocycles. The molecule has 0 heterocycles. The van der Waals surface area contributed by atoms with E-state index in [9.17, 15) is 14.7 Å². The van der Waals surface area contributed by atoms with Crippen molar-refractivity contribution in [3.63, 3.8) is 0 Å². The van der Waals surface area contributed by atoms with Gasteiger partial charge >= 0.3 is 0 Å². The Morgan fingerprint density at radius 3 is 2.76 bits per heavy atom. The molecule has 1 amide bonds. The van der Waals surface area contributed by atoms with E-state index < -0.39 is 17.9 Å². The summed E-state index contributed by atoms with van der Waals surface area (Å²) >= 11 is 7.39. The number of amides is 1. The quantitative estimate of drug-likeness (QED) is 0.769. The normalized spacial score (nSPS) is 11.8. The summed E-state index contributed by atoms with van der Waals surface area (Å²) in [6.45, 7) is 1.56. The molecule has 0 bridgehead atoms. The average molecular weight is 331 g/mol. The van der Waals surface area contributed by atoms with Crippen LogP contribution < -0.4 is 15.2 Å². The maximum absolute atomic E-state index is 11.7. The van der Waals surface area contributed by atoms with E-state index >= 15 is 0 Å². The van der Waals surface area contributed by atoms with E-state index in [-0.39, 0.29) is 6.61 Å². The summed E-state index contributed by atoms with van der Waals surface area (Å²) in [6, 6.07) is 4.03. The summed E-state index contributed by atoms with van der Waals surface area (Å²) in [5.74, 6) is -0.672.